The van der Waals surface area contributed by atoms with Gasteiger partial charge in [0.2, 0.25) is 0 Å². The Morgan fingerprint density at radius 1 is 0.947 bits per heavy atom. The fourth-order valence-electron chi connectivity index (χ4n) is 4.73. The van der Waals surface area contributed by atoms with E-state index < -0.39 is 11.9 Å². The van der Waals surface area contributed by atoms with E-state index in [4.69, 9.17) is 9.97 Å². The minimum atomic E-state index is -4.48. The second-order valence-corrected chi connectivity index (χ2v) is 9.83. The molecule has 0 saturated carbocycles. The number of fused-ring (bicyclic) bond motifs is 1. The summed E-state index contributed by atoms with van der Waals surface area (Å²) in [6.45, 7) is 6.36. The van der Waals surface area contributed by atoms with Crippen molar-refractivity contribution in [2.45, 2.75) is 45.8 Å². The molecule has 9 heteroatoms. The summed E-state index contributed by atoms with van der Waals surface area (Å²) >= 11 is 0. The highest BCUT2D eigenvalue weighted by Crippen LogP contribution is 2.34. The Hall–Kier alpha value is -4.01. The Morgan fingerprint density at radius 2 is 1.68 bits per heavy atom. The van der Waals surface area contributed by atoms with Crippen LogP contribution in [0.15, 0.2) is 66.5 Å². The highest BCUT2D eigenvalue weighted by atomic mass is 19.4. The number of aromatic nitrogens is 5. The molecule has 4 aromatic rings. The van der Waals surface area contributed by atoms with E-state index in [0.717, 1.165) is 35.6 Å². The van der Waals surface area contributed by atoms with Gasteiger partial charge in [-0.3, -0.25) is 0 Å². The molecule has 1 aromatic carbocycles. The number of nitrogens with zero attached hydrogens (tertiary/aromatic N) is 5. The number of hydrogen-bond donors (Lipinski definition) is 1. The van der Waals surface area contributed by atoms with Crippen molar-refractivity contribution in [3.63, 3.8) is 0 Å². The minimum absolute atomic E-state index is 0.136. The topological polar surface area (TPSA) is 68.5 Å². The first-order chi connectivity index (χ1) is 18.1. The van der Waals surface area contributed by atoms with Gasteiger partial charge in [0.1, 0.15) is 11.6 Å². The maximum absolute atomic E-state index is 13.1. The largest absolute Gasteiger partial charge is 0.434 e. The number of nitrogens with one attached hydrogen (secondary N) is 1. The smallest absolute Gasteiger partial charge is 0.363 e. The third-order valence-electron chi connectivity index (χ3n) is 6.71. The highest BCUT2D eigenvalue weighted by Gasteiger charge is 2.34. The van der Waals surface area contributed by atoms with E-state index in [2.05, 4.69) is 41.3 Å². The molecule has 3 aromatic heterocycles. The lowest BCUT2D eigenvalue weighted by atomic mass is 9.89. The zero-order valence-corrected chi connectivity index (χ0v) is 21.7. The molecule has 1 atom stereocenters. The Balaban J connectivity index is 1.45. The molecule has 1 unspecified atom stereocenters. The second kappa shape index (κ2) is 10.0. The number of hydrogen-bond acceptors (Lipinski definition) is 5. The number of benzene rings is 1. The van der Waals surface area contributed by atoms with Gasteiger partial charge in [0, 0.05) is 36.6 Å². The Bertz CT molecular complexity index is 1530. The average molecular weight is 519 g/mol. The van der Waals surface area contributed by atoms with Gasteiger partial charge in [0.05, 0.1) is 5.39 Å². The summed E-state index contributed by atoms with van der Waals surface area (Å²) in [6.07, 6.45) is 4.66. The van der Waals surface area contributed by atoms with Crippen LogP contribution in [-0.4, -0.2) is 24.5 Å². The molecule has 1 N–H and O–H groups in total. The summed E-state index contributed by atoms with van der Waals surface area (Å²) in [5.74, 6) is 1.94. The summed E-state index contributed by atoms with van der Waals surface area (Å²) in [5.41, 5.74) is 3.56. The molecule has 0 fully saturated rings. The zero-order valence-electron chi connectivity index (χ0n) is 21.7. The molecule has 3 heterocycles. The van der Waals surface area contributed by atoms with Gasteiger partial charge in [-0.1, -0.05) is 50.3 Å². The molecule has 6 nitrogen and oxygen atoms in total. The van der Waals surface area contributed by atoms with Crippen LogP contribution in [0.25, 0.3) is 28.0 Å². The van der Waals surface area contributed by atoms with Crippen molar-refractivity contribution in [1.29, 1.82) is 0 Å². The van der Waals surface area contributed by atoms with E-state index in [0.29, 0.717) is 28.8 Å². The first-order valence-electron chi connectivity index (χ1n) is 12.6. The maximum Gasteiger partial charge on any atom is 0.434 e. The van der Waals surface area contributed by atoms with E-state index in [9.17, 15) is 13.2 Å². The molecular formula is C29H29F3N6. The molecule has 0 spiro atoms. The molecule has 0 saturated heterocycles. The van der Waals surface area contributed by atoms with Gasteiger partial charge in [-0.2, -0.15) is 13.2 Å². The number of imidazole rings is 1. The molecule has 1 aliphatic carbocycles. The summed E-state index contributed by atoms with van der Waals surface area (Å²) in [5, 5.41) is 4.33. The number of aryl methyl sites for hydroxylation is 1. The number of alkyl halides is 3. The monoisotopic (exact) mass is 518 g/mol. The van der Waals surface area contributed by atoms with Crippen LogP contribution >= 0.6 is 0 Å². The lowest BCUT2D eigenvalue weighted by Crippen LogP contribution is -2.12. The van der Waals surface area contributed by atoms with Crippen molar-refractivity contribution in [3.8, 4) is 11.4 Å². The van der Waals surface area contributed by atoms with E-state index in [1.54, 1.807) is 25.4 Å². The van der Waals surface area contributed by atoms with Gasteiger partial charge in [0.25, 0.3) is 0 Å². The number of allylic oxidation sites excluding steroid dienone is 4. The van der Waals surface area contributed by atoms with E-state index in [1.165, 1.54) is 10.1 Å². The van der Waals surface area contributed by atoms with E-state index in [-0.39, 0.29) is 11.9 Å². The third kappa shape index (κ3) is 5.05. The molecule has 0 aliphatic heterocycles. The first-order valence-corrected chi connectivity index (χ1v) is 12.6. The summed E-state index contributed by atoms with van der Waals surface area (Å²) in [4.78, 5) is 18.0. The quantitative estimate of drug-likeness (QED) is 0.288. The summed E-state index contributed by atoms with van der Waals surface area (Å²) in [6, 6.07) is 11.0. The molecule has 0 bridgehead atoms. The van der Waals surface area contributed by atoms with Crippen LogP contribution in [0.3, 0.4) is 0 Å². The van der Waals surface area contributed by atoms with Crippen molar-refractivity contribution in [2.24, 2.45) is 13.0 Å². The van der Waals surface area contributed by atoms with Crippen molar-refractivity contribution in [3.05, 3.63) is 83.6 Å². The predicted octanol–water partition coefficient (Wildman–Crippen LogP) is 7.38. The van der Waals surface area contributed by atoms with Crippen molar-refractivity contribution < 1.29 is 13.2 Å². The van der Waals surface area contributed by atoms with Gasteiger partial charge in [-0.15, -0.1) is 0 Å². The standard InChI is InChI=1S/C29H29F3N6/c1-17(2)21-8-5-6-9-22(21)26-36-25-23(10-7-15-33-25)27(37-26)34-18(3)19-11-13-20(14-12-19)28-35-24(16-38(28)4)29(30,31)32/h7-18H,5-6H2,1-4H3,(H,33,34,36,37). The van der Waals surface area contributed by atoms with Crippen LogP contribution in [0.1, 0.15) is 56.7 Å². The first kappa shape index (κ1) is 25.6. The van der Waals surface area contributed by atoms with Crippen LogP contribution in [0.4, 0.5) is 19.0 Å². The van der Waals surface area contributed by atoms with E-state index in [1.807, 2.05) is 31.2 Å². The average Bonchev–Trinajstić information content (AvgIpc) is 3.31. The predicted molar refractivity (Wildman–Crippen MR) is 143 cm³/mol. The number of rotatable bonds is 6. The van der Waals surface area contributed by atoms with Crippen LogP contribution in [0.2, 0.25) is 0 Å². The highest BCUT2D eigenvalue weighted by molar-refractivity contribution is 5.89. The Kier molecular flexibility index (Phi) is 6.77. The molecule has 1 aliphatic rings. The number of pyridine rings is 1. The molecule has 0 radical (unpaired) electrons. The van der Waals surface area contributed by atoms with Crippen molar-refractivity contribution >= 4 is 22.4 Å². The molecule has 38 heavy (non-hydrogen) atoms. The van der Waals surface area contributed by atoms with Gasteiger partial charge in [0.15, 0.2) is 17.2 Å². The van der Waals surface area contributed by atoms with E-state index >= 15 is 0 Å². The lowest BCUT2D eigenvalue weighted by Gasteiger charge is -2.21. The van der Waals surface area contributed by atoms with Gasteiger partial charge >= 0.3 is 6.18 Å². The maximum atomic E-state index is 13.1. The minimum Gasteiger partial charge on any atom is -0.363 e. The van der Waals surface area contributed by atoms with Gasteiger partial charge in [-0.25, -0.2) is 19.9 Å². The molecule has 196 valence electrons. The lowest BCUT2D eigenvalue weighted by molar-refractivity contribution is -0.140. The SMILES string of the molecule is CC(C)C1=CCCC=C1c1nc(NC(C)c2ccc(-c3nc(C(F)(F)F)cn3C)cc2)c2cccnc2n1. The summed E-state index contributed by atoms with van der Waals surface area (Å²) in [7, 11) is 1.56. The van der Waals surface area contributed by atoms with Crippen LogP contribution in [-0.2, 0) is 13.2 Å². The summed E-state index contributed by atoms with van der Waals surface area (Å²) < 4.78 is 40.7. The molecule has 0 amide bonds. The van der Waals surface area contributed by atoms with Crippen molar-refractivity contribution in [2.75, 3.05) is 5.32 Å². The second-order valence-electron chi connectivity index (χ2n) is 9.83. The fourth-order valence-corrected chi connectivity index (χ4v) is 4.73. The normalized spacial score (nSPS) is 14.9. The zero-order chi connectivity index (χ0) is 27.0. The third-order valence-corrected chi connectivity index (χ3v) is 6.71. The van der Waals surface area contributed by atoms with Gasteiger partial charge < -0.3 is 9.88 Å². The Morgan fingerprint density at radius 3 is 2.37 bits per heavy atom. The number of halogens is 3. The van der Waals surface area contributed by atoms with Crippen LogP contribution in [0, 0.1) is 5.92 Å². The van der Waals surface area contributed by atoms with Crippen molar-refractivity contribution in [1.82, 2.24) is 24.5 Å². The fraction of sp³-hybridized carbons (Fsp3) is 0.310. The van der Waals surface area contributed by atoms with Crippen LogP contribution in [0.5, 0.6) is 0 Å². The van der Waals surface area contributed by atoms with Gasteiger partial charge in [-0.05, 0) is 49.0 Å². The number of anilines is 1. The van der Waals surface area contributed by atoms with Crippen LogP contribution < -0.4 is 5.32 Å². The molecular weight excluding hydrogens is 489 g/mol. The Labute approximate surface area is 219 Å². The molecule has 5 rings (SSSR count).